The molecular weight excluding hydrogens is 319 g/mol. The molecule has 1 rings (SSSR count). The van der Waals surface area contributed by atoms with Crippen LogP contribution in [0.25, 0.3) is 0 Å². The van der Waals surface area contributed by atoms with Gasteiger partial charge in [0.2, 0.25) is 0 Å². The first-order valence-corrected chi connectivity index (χ1v) is 6.66. The summed E-state index contributed by atoms with van der Waals surface area (Å²) in [6.07, 6.45) is 0.966. The Morgan fingerprint density at radius 1 is 1.29 bits per heavy atom. The van der Waals surface area contributed by atoms with Crippen LogP contribution in [-0.2, 0) is 9.63 Å². The van der Waals surface area contributed by atoms with Crippen LogP contribution in [-0.4, -0.2) is 35.3 Å². The Labute approximate surface area is 132 Å². The number of nitrogens with zero attached hydrogens (tertiary/aromatic N) is 2. The van der Waals surface area contributed by atoms with Crippen LogP contribution < -0.4 is 4.84 Å². The molecular formula is C13H14Cl2N2O4. The van der Waals surface area contributed by atoms with Gasteiger partial charge in [-0.3, -0.25) is 4.90 Å². The summed E-state index contributed by atoms with van der Waals surface area (Å²) < 4.78 is 0. The lowest BCUT2D eigenvalue weighted by Gasteiger charge is -2.27. The molecule has 21 heavy (non-hydrogen) atoms. The Morgan fingerprint density at radius 2 is 1.86 bits per heavy atom. The number of hydroxylamine groups is 2. The van der Waals surface area contributed by atoms with Gasteiger partial charge in [0, 0.05) is 28.2 Å². The van der Waals surface area contributed by atoms with Crippen LogP contribution in [0.3, 0.4) is 0 Å². The SMILES string of the molecule is CON(Oc1cc(Cl)cc(Cl)c1)C(=O)N(C=C=O)C(C)C. The van der Waals surface area contributed by atoms with Crippen molar-refractivity contribution in [3.63, 3.8) is 0 Å². The van der Waals surface area contributed by atoms with E-state index in [0.717, 1.165) is 11.1 Å². The lowest BCUT2D eigenvalue weighted by molar-refractivity contribution is -0.261. The second-order valence-electron chi connectivity index (χ2n) is 4.17. The normalized spacial score (nSPS) is 10.0. The van der Waals surface area contributed by atoms with Gasteiger partial charge in [-0.25, -0.2) is 14.4 Å². The molecule has 8 heteroatoms. The summed E-state index contributed by atoms with van der Waals surface area (Å²) in [5.41, 5.74) is 0. The van der Waals surface area contributed by atoms with Crippen LogP contribution in [0.2, 0.25) is 10.0 Å². The van der Waals surface area contributed by atoms with Gasteiger partial charge < -0.3 is 4.84 Å². The van der Waals surface area contributed by atoms with Crippen molar-refractivity contribution in [3.8, 4) is 5.75 Å². The number of hydrogen-bond acceptors (Lipinski definition) is 4. The summed E-state index contributed by atoms with van der Waals surface area (Å²) in [5.74, 6) is 1.75. The molecule has 0 heterocycles. The average molecular weight is 333 g/mol. The van der Waals surface area contributed by atoms with Gasteiger partial charge in [-0.15, -0.1) is 0 Å². The van der Waals surface area contributed by atoms with Crippen molar-refractivity contribution in [3.05, 3.63) is 34.4 Å². The molecule has 0 bridgehead atoms. The summed E-state index contributed by atoms with van der Waals surface area (Å²) in [7, 11) is 1.24. The number of halogens is 2. The fourth-order valence-corrected chi connectivity index (χ4v) is 1.91. The zero-order valence-corrected chi connectivity index (χ0v) is 13.2. The summed E-state index contributed by atoms with van der Waals surface area (Å²) >= 11 is 11.7. The Bertz CT molecular complexity index is 539. The van der Waals surface area contributed by atoms with Gasteiger partial charge in [0.15, 0.2) is 5.75 Å². The first-order chi connectivity index (χ1) is 9.88. The van der Waals surface area contributed by atoms with E-state index in [1.54, 1.807) is 19.8 Å². The van der Waals surface area contributed by atoms with Gasteiger partial charge in [0.05, 0.1) is 13.3 Å². The van der Waals surface area contributed by atoms with Crippen molar-refractivity contribution in [2.45, 2.75) is 19.9 Å². The highest BCUT2D eigenvalue weighted by Crippen LogP contribution is 2.25. The molecule has 0 aromatic heterocycles. The highest BCUT2D eigenvalue weighted by molar-refractivity contribution is 6.34. The molecule has 0 saturated heterocycles. The highest BCUT2D eigenvalue weighted by atomic mass is 35.5. The Kier molecular flexibility index (Phi) is 6.52. The number of rotatable bonds is 5. The van der Waals surface area contributed by atoms with Crippen molar-refractivity contribution in [2.75, 3.05) is 7.11 Å². The molecule has 0 aliphatic heterocycles. The summed E-state index contributed by atoms with van der Waals surface area (Å²) in [6.45, 7) is 3.44. The van der Waals surface area contributed by atoms with Crippen molar-refractivity contribution < 1.29 is 19.3 Å². The van der Waals surface area contributed by atoms with E-state index in [1.807, 2.05) is 0 Å². The van der Waals surface area contributed by atoms with E-state index in [1.165, 1.54) is 25.3 Å². The fraction of sp³-hybridized carbons (Fsp3) is 0.308. The number of carbonyl (C=O) groups excluding carboxylic acids is 2. The molecule has 1 aromatic rings. The number of amides is 2. The minimum Gasteiger partial charge on any atom is -0.349 e. The first kappa shape index (κ1) is 17.3. The quantitative estimate of drug-likeness (QED) is 0.613. The topological polar surface area (TPSA) is 59.1 Å². The van der Waals surface area contributed by atoms with Gasteiger partial charge in [0.1, 0.15) is 5.94 Å². The molecule has 0 radical (unpaired) electrons. The van der Waals surface area contributed by atoms with Crippen LogP contribution in [0.5, 0.6) is 5.75 Å². The third kappa shape index (κ3) is 4.95. The number of benzene rings is 1. The standard InChI is InChI=1S/C13H14Cl2N2O4/c1-9(2)16(4-5-18)13(19)17(20-3)21-12-7-10(14)6-11(15)8-12/h4,6-9H,1-3H3. The Morgan fingerprint density at radius 3 is 2.29 bits per heavy atom. The second kappa shape index (κ2) is 7.90. The maximum Gasteiger partial charge on any atom is 0.384 e. The lowest BCUT2D eigenvalue weighted by atomic mass is 10.3. The van der Waals surface area contributed by atoms with Crippen molar-refractivity contribution in [2.24, 2.45) is 0 Å². The monoisotopic (exact) mass is 332 g/mol. The third-order valence-corrected chi connectivity index (χ3v) is 2.75. The third-order valence-electron chi connectivity index (χ3n) is 2.32. The molecule has 0 fully saturated rings. The fourth-order valence-electron chi connectivity index (χ4n) is 1.41. The van der Waals surface area contributed by atoms with E-state index in [2.05, 4.69) is 0 Å². The summed E-state index contributed by atoms with van der Waals surface area (Å²) in [4.78, 5) is 33.9. The van der Waals surface area contributed by atoms with Gasteiger partial charge in [0.25, 0.3) is 0 Å². The molecule has 114 valence electrons. The van der Waals surface area contributed by atoms with Crippen LogP contribution in [0.15, 0.2) is 24.4 Å². The van der Waals surface area contributed by atoms with Crippen LogP contribution in [0.4, 0.5) is 4.79 Å². The molecule has 6 nitrogen and oxygen atoms in total. The highest BCUT2D eigenvalue weighted by Gasteiger charge is 2.24. The maximum absolute atomic E-state index is 12.2. The van der Waals surface area contributed by atoms with Crippen LogP contribution >= 0.6 is 23.2 Å². The molecule has 0 N–H and O–H groups in total. The zero-order chi connectivity index (χ0) is 16.0. The van der Waals surface area contributed by atoms with E-state index in [4.69, 9.17) is 32.9 Å². The van der Waals surface area contributed by atoms with Crippen molar-refractivity contribution >= 4 is 35.2 Å². The smallest absolute Gasteiger partial charge is 0.349 e. The second-order valence-corrected chi connectivity index (χ2v) is 5.04. The number of hydrogen-bond donors (Lipinski definition) is 0. The van der Waals surface area contributed by atoms with E-state index < -0.39 is 6.03 Å². The number of urea groups is 1. The van der Waals surface area contributed by atoms with E-state index in [0.29, 0.717) is 15.3 Å². The molecule has 2 amide bonds. The molecule has 0 aliphatic carbocycles. The molecule has 0 aliphatic rings. The molecule has 0 atom stereocenters. The minimum absolute atomic E-state index is 0.210. The summed E-state index contributed by atoms with van der Waals surface area (Å²) in [6, 6.07) is 3.45. The first-order valence-electron chi connectivity index (χ1n) is 5.90. The van der Waals surface area contributed by atoms with Gasteiger partial charge in [-0.2, -0.15) is 0 Å². The Hall–Kier alpha value is -1.72. The van der Waals surface area contributed by atoms with E-state index >= 15 is 0 Å². The summed E-state index contributed by atoms with van der Waals surface area (Å²) in [5, 5.41) is 1.29. The molecule has 0 saturated carbocycles. The van der Waals surface area contributed by atoms with Crippen LogP contribution in [0.1, 0.15) is 13.8 Å². The maximum atomic E-state index is 12.2. The van der Waals surface area contributed by atoms with Crippen molar-refractivity contribution in [1.29, 1.82) is 0 Å². The van der Waals surface area contributed by atoms with Gasteiger partial charge in [-0.05, 0) is 25.1 Å². The zero-order valence-electron chi connectivity index (χ0n) is 11.7. The van der Waals surface area contributed by atoms with Crippen LogP contribution in [0, 0.1) is 0 Å². The van der Waals surface area contributed by atoms with E-state index in [-0.39, 0.29) is 11.8 Å². The average Bonchev–Trinajstić information content (AvgIpc) is 2.40. The lowest BCUT2D eigenvalue weighted by Crippen LogP contribution is -2.44. The van der Waals surface area contributed by atoms with Gasteiger partial charge >= 0.3 is 6.03 Å². The molecule has 0 spiro atoms. The predicted molar refractivity (Wildman–Crippen MR) is 78.6 cm³/mol. The largest absolute Gasteiger partial charge is 0.384 e. The minimum atomic E-state index is -0.702. The van der Waals surface area contributed by atoms with Crippen molar-refractivity contribution in [1.82, 2.24) is 10.1 Å². The Balaban J connectivity index is 2.96. The predicted octanol–water partition coefficient (Wildman–Crippen LogP) is 3.33. The number of carbonyl (C=O) groups is 1. The molecule has 0 unspecified atom stereocenters. The molecule has 1 aromatic carbocycles. The van der Waals surface area contributed by atoms with Gasteiger partial charge in [-0.1, -0.05) is 23.2 Å². The van der Waals surface area contributed by atoms with E-state index in [9.17, 15) is 9.59 Å².